The summed E-state index contributed by atoms with van der Waals surface area (Å²) < 4.78 is 1.09. The zero-order valence-corrected chi connectivity index (χ0v) is 9.79. The molecule has 0 aliphatic carbocycles. The zero-order valence-electron chi connectivity index (χ0n) is 8.20. The topological polar surface area (TPSA) is 26.0 Å². The van der Waals surface area contributed by atoms with Crippen LogP contribution in [0.5, 0.6) is 0 Å². The molecule has 0 spiro atoms. The lowest BCUT2D eigenvalue weighted by Crippen LogP contribution is -1.96. The molecule has 15 heavy (non-hydrogen) atoms. The number of hydrogen-bond acceptors (Lipinski definition) is 1. The largest absolute Gasteiger partial charge is 0.326 e. The van der Waals surface area contributed by atoms with Gasteiger partial charge in [-0.25, -0.2) is 0 Å². The summed E-state index contributed by atoms with van der Waals surface area (Å²) >= 11 is 3.46. The smallest absolute Gasteiger partial charge is 0.0184 e. The summed E-state index contributed by atoms with van der Waals surface area (Å²) in [5.41, 5.74) is 8.99. The summed E-state index contributed by atoms with van der Waals surface area (Å²) in [7, 11) is 0. The minimum Gasteiger partial charge on any atom is -0.326 e. The summed E-state index contributed by atoms with van der Waals surface area (Å²) in [5.74, 6) is 0. The monoisotopic (exact) mass is 260 g/mol. The molecule has 2 heteroatoms. The lowest BCUT2D eigenvalue weighted by atomic mass is 10.0. The molecule has 1 nitrogen and oxygen atoms in total. The van der Waals surface area contributed by atoms with Gasteiger partial charge in [-0.3, -0.25) is 0 Å². The van der Waals surface area contributed by atoms with E-state index >= 15 is 0 Å². The lowest BCUT2D eigenvalue weighted by Gasteiger charge is -2.04. The molecule has 0 saturated heterocycles. The summed E-state index contributed by atoms with van der Waals surface area (Å²) in [6.45, 7) is 0.530. The Morgan fingerprint density at radius 1 is 1.13 bits per heavy atom. The molecule has 2 aromatic carbocycles. The summed E-state index contributed by atoms with van der Waals surface area (Å²) in [5, 5.41) is 0. The highest BCUT2D eigenvalue weighted by Crippen LogP contribution is 2.23. The maximum absolute atomic E-state index is 5.59. The van der Waals surface area contributed by atoms with E-state index in [2.05, 4.69) is 40.2 Å². The van der Waals surface area contributed by atoms with Gasteiger partial charge in [-0.2, -0.15) is 0 Å². The number of nitrogens with two attached hydrogens (primary N) is 1. The van der Waals surface area contributed by atoms with Crippen molar-refractivity contribution < 1.29 is 0 Å². The molecule has 0 aliphatic heterocycles. The average Bonchev–Trinajstić information content (AvgIpc) is 2.29. The third-order valence-electron chi connectivity index (χ3n) is 2.24. The van der Waals surface area contributed by atoms with Crippen molar-refractivity contribution in [1.82, 2.24) is 0 Å². The van der Waals surface area contributed by atoms with Gasteiger partial charge in [0.2, 0.25) is 0 Å². The van der Waals surface area contributed by atoms with Crippen LogP contribution in [0.1, 0.15) is 5.56 Å². The Labute approximate surface area is 98.1 Å². The van der Waals surface area contributed by atoms with Gasteiger partial charge in [0.1, 0.15) is 0 Å². The molecular weight excluding hydrogens is 250 g/mol. The van der Waals surface area contributed by atoms with Crippen molar-refractivity contribution in [2.45, 2.75) is 6.54 Å². The second-order valence-corrected chi connectivity index (χ2v) is 4.23. The Kier molecular flexibility index (Phi) is 3.19. The van der Waals surface area contributed by atoms with Crippen LogP contribution in [0, 0.1) is 6.07 Å². The SMILES string of the molecule is NCc1[c]ccc(-c2cccc(Br)c2)c1. The first-order valence-corrected chi connectivity index (χ1v) is 5.55. The molecule has 0 heterocycles. The van der Waals surface area contributed by atoms with Gasteiger partial charge in [0.05, 0.1) is 0 Å². The second kappa shape index (κ2) is 4.60. The summed E-state index contributed by atoms with van der Waals surface area (Å²) in [6.07, 6.45) is 0. The van der Waals surface area contributed by atoms with E-state index in [-0.39, 0.29) is 0 Å². The van der Waals surface area contributed by atoms with Gasteiger partial charge in [-0.15, -0.1) is 0 Å². The lowest BCUT2D eigenvalue weighted by molar-refractivity contribution is 1.07. The van der Waals surface area contributed by atoms with Crippen LogP contribution < -0.4 is 5.73 Å². The van der Waals surface area contributed by atoms with Gasteiger partial charge in [-0.05, 0) is 41.0 Å². The van der Waals surface area contributed by atoms with E-state index in [1.807, 2.05) is 24.3 Å². The van der Waals surface area contributed by atoms with Crippen LogP contribution in [0.25, 0.3) is 11.1 Å². The van der Waals surface area contributed by atoms with Gasteiger partial charge in [0.15, 0.2) is 0 Å². The van der Waals surface area contributed by atoms with Crippen molar-refractivity contribution >= 4 is 15.9 Å². The molecule has 0 atom stereocenters. The van der Waals surface area contributed by atoms with Crippen LogP contribution in [0.3, 0.4) is 0 Å². The Morgan fingerprint density at radius 2 is 1.93 bits per heavy atom. The van der Waals surface area contributed by atoms with E-state index in [9.17, 15) is 0 Å². The van der Waals surface area contributed by atoms with Crippen LogP contribution in [-0.4, -0.2) is 0 Å². The van der Waals surface area contributed by atoms with E-state index in [0.29, 0.717) is 6.54 Å². The van der Waals surface area contributed by atoms with Gasteiger partial charge in [0.25, 0.3) is 0 Å². The van der Waals surface area contributed by atoms with Crippen molar-refractivity contribution in [2.75, 3.05) is 0 Å². The number of hydrogen-bond donors (Lipinski definition) is 1. The minimum atomic E-state index is 0.530. The minimum absolute atomic E-state index is 0.530. The first-order chi connectivity index (χ1) is 7.29. The molecule has 0 amide bonds. The normalized spacial score (nSPS) is 10.3. The second-order valence-electron chi connectivity index (χ2n) is 3.32. The highest BCUT2D eigenvalue weighted by atomic mass is 79.9. The third kappa shape index (κ3) is 2.46. The van der Waals surface area contributed by atoms with E-state index in [4.69, 9.17) is 5.73 Å². The highest BCUT2D eigenvalue weighted by molar-refractivity contribution is 9.10. The molecule has 2 rings (SSSR count). The number of halogens is 1. The average molecular weight is 261 g/mol. The maximum Gasteiger partial charge on any atom is 0.0184 e. The molecule has 0 aromatic heterocycles. The van der Waals surface area contributed by atoms with Gasteiger partial charge in [-0.1, -0.05) is 40.2 Å². The van der Waals surface area contributed by atoms with Crippen molar-refractivity contribution in [2.24, 2.45) is 5.73 Å². The van der Waals surface area contributed by atoms with Crippen LogP contribution in [0.15, 0.2) is 46.9 Å². The predicted molar refractivity (Wildman–Crippen MR) is 66.3 cm³/mol. The predicted octanol–water partition coefficient (Wildman–Crippen LogP) is 3.37. The fourth-order valence-corrected chi connectivity index (χ4v) is 1.88. The van der Waals surface area contributed by atoms with E-state index in [1.54, 1.807) is 0 Å². The van der Waals surface area contributed by atoms with E-state index in [1.165, 1.54) is 11.1 Å². The van der Waals surface area contributed by atoms with Gasteiger partial charge < -0.3 is 5.73 Å². The van der Waals surface area contributed by atoms with Crippen LogP contribution in [0.4, 0.5) is 0 Å². The van der Waals surface area contributed by atoms with Crippen LogP contribution in [0.2, 0.25) is 0 Å². The molecule has 0 unspecified atom stereocenters. The summed E-state index contributed by atoms with van der Waals surface area (Å²) in [6, 6.07) is 17.4. The van der Waals surface area contributed by atoms with Gasteiger partial charge in [0, 0.05) is 11.0 Å². The number of rotatable bonds is 2. The quantitative estimate of drug-likeness (QED) is 0.881. The number of benzene rings is 2. The molecule has 75 valence electrons. The maximum atomic E-state index is 5.59. The Morgan fingerprint density at radius 3 is 2.67 bits per heavy atom. The van der Waals surface area contributed by atoms with Crippen molar-refractivity contribution in [1.29, 1.82) is 0 Å². The fourth-order valence-electron chi connectivity index (χ4n) is 1.48. The van der Waals surface area contributed by atoms with Crippen molar-refractivity contribution in [3.8, 4) is 11.1 Å². The zero-order chi connectivity index (χ0) is 10.7. The molecule has 0 aliphatic rings. The summed E-state index contributed by atoms with van der Waals surface area (Å²) in [4.78, 5) is 0. The standard InChI is InChI=1S/C13H11BrN/c14-13-6-2-5-12(8-13)11-4-1-3-10(7-11)9-15/h1-2,4-8H,9,15H2. The Balaban J connectivity index is 2.44. The van der Waals surface area contributed by atoms with Crippen molar-refractivity contribution in [3.05, 3.63) is 58.6 Å². The molecule has 2 N–H and O–H groups in total. The fraction of sp³-hybridized carbons (Fsp3) is 0.0769. The Bertz CT molecular complexity index is 466. The van der Waals surface area contributed by atoms with Crippen molar-refractivity contribution in [3.63, 3.8) is 0 Å². The van der Waals surface area contributed by atoms with Gasteiger partial charge >= 0.3 is 0 Å². The molecule has 1 radical (unpaired) electrons. The first kappa shape index (κ1) is 10.4. The van der Waals surface area contributed by atoms with E-state index in [0.717, 1.165) is 10.0 Å². The van der Waals surface area contributed by atoms with Crippen LogP contribution >= 0.6 is 15.9 Å². The third-order valence-corrected chi connectivity index (χ3v) is 2.73. The molecule has 0 fully saturated rings. The Hall–Kier alpha value is -1.12. The molecule has 0 saturated carbocycles. The van der Waals surface area contributed by atoms with Crippen LogP contribution in [-0.2, 0) is 6.54 Å². The highest BCUT2D eigenvalue weighted by Gasteiger charge is 1.99. The first-order valence-electron chi connectivity index (χ1n) is 4.76. The molecule has 0 bridgehead atoms. The van der Waals surface area contributed by atoms with E-state index < -0.39 is 0 Å². The molecule has 2 aromatic rings. The molecular formula is C13H11BrN.